The Morgan fingerprint density at radius 1 is 0.786 bits per heavy atom. The van der Waals surface area contributed by atoms with Crippen molar-refractivity contribution in [3.63, 3.8) is 0 Å². The molecular formula is C25H25NO2. The van der Waals surface area contributed by atoms with Gasteiger partial charge in [-0.2, -0.15) is 0 Å². The average molecular weight is 371 g/mol. The number of likely N-dealkylation sites (tertiary alicyclic amines) is 1. The van der Waals surface area contributed by atoms with Crippen LogP contribution in [0.25, 0.3) is 0 Å². The molecule has 0 radical (unpaired) electrons. The number of rotatable bonds is 3. The zero-order valence-electron chi connectivity index (χ0n) is 16.0. The van der Waals surface area contributed by atoms with Crippen LogP contribution < -0.4 is 0 Å². The molecule has 0 aromatic heterocycles. The summed E-state index contributed by atoms with van der Waals surface area (Å²) >= 11 is 0. The molecule has 3 aromatic rings. The van der Waals surface area contributed by atoms with Crippen molar-refractivity contribution in [2.75, 3.05) is 0 Å². The van der Waals surface area contributed by atoms with Gasteiger partial charge in [-0.25, -0.2) is 0 Å². The van der Waals surface area contributed by atoms with Crippen molar-refractivity contribution in [3.8, 4) is 0 Å². The van der Waals surface area contributed by atoms with Gasteiger partial charge in [0.25, 0.3) is 0 Å². The van der Waals surface area contributed by atoms with Gasteiger partial charge < -0.3 is 10.0 Å². The van der Waals surface area contributed by atoms with Crippen LogP contribution in [0.2, 0.25) is 0 Å². The maximum absolute atomic E-state index is 12.9. The van der Waals surface area contributed by atoms with E-state index in [1.807, 2.05) is 83.8 Å². The third-order valence-corrected chi connectivity index (χ3v) is 5.73. The molecule has 1 saturated heterocycles. The van der Waals surface area contributed by atoms with Crippen molar-refractivity contribution >= 4 is 5.91 Å². The maximum Gasteiger partial charge on any atom is 0.220 e. The van der Waals surface area contributed by atoms with E-state index >= 15 is 0 Å². The fraction of sp³-hybridized carbons (Fsp3) is 0.240. The monoisotopic (exact) mass is 371 g/mol. The van der Waals surface area contributed by atoms with Crippen LogP contribution in [0.4, 0.5) is 0 Å². The minimum Gasteiger partial charge on any atom is -0.392 e. The summed E-state index contributed by atoms with van der Waals surface area (Å²) in [6, 6.07) is 29.8. The lowest BCUT2D eigenvalue weighted by Gasteiger charge is -2.49. The molecule has 3 nitrogen and oxygen atoms in total. The number of carbonyl (C=O) groups is 1. The number of benzene rings is 3. The quantitative estimate of drug-likeness (QED) is 0.714. The number of aliphatic hydroxyl groups is 1. The largest absolute Gasteiger partial charge is 0.392 e. The molecule has 1 fully saturated rings. The zero-order valence-corrected chi connectivity index (χ0v) is 16.0. The highest BCUT2D eigenvalue weighted by Gasteiger charge is 2.45. The van der Waals surface area contributed by atoms with Gasteiger partial charge in [0.05, 0.1) is 18.2 Å². The second-order valence-corrected chi connectivity index (χ2v) is 7.45. The van der Waals surface area contributed by atoms with Crippen molar-refractivity contribution in [3.05, 3.63) is 108 Å². The summed E-state index contributed by atoms with van der Waals surface area (Å²) in [5.41, 5.74) is 3.16. The van der Waals surface area contributed by atoms with E-state index < -0.39 is 6.10 Å². The lowest BCUT2D eigenvalue weighted by molar-refractivity contribution is -0.140. The molecule has 1 aliphatic rings. The van der Waals surface area contributed by atoms with Crippen LogP contribution in [0.1, 0.15) is 48.0 Å². The van der Waals surface area contributed by atoms with E-state index in [0.717, 1.165) is 16.7 Å². The molecule has 3 aromatic carbocycles. The Morgan fingerprint density at radius 2 is 1.25 bits per heavy atom. The van der Waals surface area contributed by atoms with Gasteiger partial charge in [0.1, 0.15) is 0 Å². The molecule has 1 N–H and O–H groups in total. The number of piperidine rings is 1. The first kappa shape index (κ1) is 18.5. The Labute approximate surface area is 166 Å². The van der Waals surface area contributed by atoms with E-state index in [2.05, 4.69) is 12.1 Å². The predicted octanol–water partition coefficient (Wildman–Crippen LogP) is 4.87. The smallest absolute Gasteiger partial charge is 0.220 e. The van der Waals surface area contributed by atoms with Crippen LogP contribution in [0.15, 0.2) is 91.0 Å². The molecule has 0 saturated carbocycles. The Balaban J connectivity index is 1.86. The third kappa shape index (κ3) is 3.46. The van der Waals surface area contributed by atoms with Gasteiger partial charge in [-0.3, -0.25) is 4.79 Å². The molecule has 4 atom stereocenters. The second kappa shape index (κ2) is 7.99. The van der Waals surface area contributed by atoms with E-state index in [-0.39, 0.29) is 23.9 Å². The minimum absolute atomic E-state index is 0.0236. The average Bonchev–Trinajstić information content (AvgIpc) is 2.74. The summed E-state index contributed by atoms with van der Waals surface area (Å²) in [7, 11) is 0. The molecule has 0 aliphatic carbocycles. The van der Waals surface area contributed by atoms with E-state index in [9.17, 15) is 9.90 Å². The van der Waals surface area contributed by atoms with Crippen LogP contribution in [-0.4, -0.2) is 22.0 Å². The van der Waals surface area contributed by atoms with Crippen LogP contribution >= 0.6 is 0 Å². The zero-order chi connectivity index (χ0) is 19.5. The van der Waals surface area contributed by atoms with Crippen LogP contribution in [0.5, 0.6) is 0 Å². The lowest BCUT2D eigenvalue weighted by Crippen LogP contribution is -2.48. The number of hydrogen-bond donors (Lipinski definition) is 1. The number of carbonyl (C=O) groups excluding carboxylic acids is 1. The van der Waals surface area contributed by atoms with Crippen LogP contribution in [0.3, 0.4) is 0 Å². The van der Waals surface area contributed by atoms with E-state index in [0.29, 0.717) is 6.42 Å². The number of aliphatic hydroxyl groups excluding tert-OH is 1. The van der Waals surface area contributed by atoms with Crippen molar-refractivity contribution in [1.29, 1.82) is 0 Å². The maximum atomic E-state index is 12.9. The van der Waals surface area contributed by atoms with Crippen LogP contribution in [-0.2, 0) is 4.79 Å². The summed E-state index contributed by atoms with van der Waals surface area (Å²) in [5, 5.41) is 11.2. The molecule has 28 heavy (non-hydrogen) atoms. The van der Waals surface area contributed by atoms with Gasteiger partial charge >= 0.3 is 0 Å². The molecular weight excluding hydrogens is 346 g/mol. The van der Waals surface area contributed by atoms with E-state index in [4.69, 9.17) is 0 Å². The summed E-state index contributed by atoms with van der Waals surface area (Å²) in [6.45, 7) is 1.63. The highest BCUT2D eigenvalue weighted by atomic mass is 16.3. The van der Waals surface area contributed by atoms with Crippen molar-refractivity contribution in [1.82, 2.24) is 4.90 Å². The minimum atomic E-state index is -0.548. The van der Waals surface area contributed by atoms with Crippen molar-refractivity contribution < 1.29 is 9.90 Å². The Bertz CT molecular complexity index is 911. The first-order valence-electron chi connectivity index (χ1n) is 9.78. The highest BCUT2D eigenvalue weighted by molar-refractivity contribution is 5.75. The molecule has 142 valence electrons. The first-order chi connectivity index (χ1) is 13.7. The fourth-order valence-corrected chi connectivity index (χ4v) is 4.55. The number of hydrogen-bond acceptors (Lipinski definition) is 2. The first-order valence-corrected chi connectivity index (χ1v) is 9.78. The molecule has 1 aliphatic heterocycles. The molecule has 0 bridgehead atoms. The van der Waals surface area contributed by atoms with Crippen molar-refractivity contribution in [2.24, 2.45) is 0 Å². The van der Waals surface area contributed by atoms with Gasteiger partial charge in [-0.15, -0.1) is 0 Å². The van der Waals surface area contributed by atoms with Gasteiger partial charge in [0.2, 0.25) is 5.91 Å². The van der Waals surface area contributed by atoms with Gasteiger partial charge in [0, 0.05) is 12.8 Å². The third-order valence-electron chi connectivity index (χ3n) is 5.73. The Hall–Kier alpha value is -2.91. The molecule has 4 rings (SSSR count). The van der Waals surface area contributed by atoms with Crippen LogP contribution in [0, 0.1) is 0 Å². The number of amides is 1. The lowest BCUT2D eigenvalue weighted by atomic mass is 9.74. The van der Waals surface area contributed by atoms with E-state index in [1.54, 1.807) is 6.92 Å². The van der Waals surface area contributed by atoms with Crippen molar-refractivity contribution in [2.45, 2.75) is 37.5 Å². The number of nitrogens with zero attached hydrogens (tertiary/aromatic N) is 1. The summed E-state index contributed by atoms with van der Waals surface area (Å²) in [4.78, 5) is 14.9. The standard InChI is InChI=1S/C25H25NO2/c1-18(27)26-22(19-11-5-2-6-12-19)17-23(28)24(20-13-7-3-8-14-20)25(26)21-15-9-4-10-16-21/h2-16,22-25,28H,17H2,1H3. The second-order valence-electron chi connectivity index (χ2n) is 7.45. The Morgan fingerprint density at radius 3 is 1.75 bits per heavy atom. The summed E-state index contributed by atoms with van der Waals surface area (Å²) in [5.74, 6) is -0.150. The van der Waals surface area contributed by atoms with Gasteiger partial charge in [0.15, 0.2) is 0 Å². The summed E-state index contributed by atoms with van der Waals surface area (Å²) in [6.07, 6.45) is -0.0274. The van der Waals surface area contributed by atoms with E-state index in [1.165, 1.54) is 0 Å². The molecule has 0 spiro atoms. The molecule has 1 amide bonds. The molecule has 4 unspecified atom stereocenters. The fourth-order valence-electron chi connectivity index (χ4n) is 4.55. The van der Waals surface area contributed by atoms with Gasteiger partial charge in [-0.05, 0) is 23.1 Å². The summed E-state index contributed by atoms with van der Waals surface area (Å²) < 4.78 is 0. The topological polar surface area (TPSA) is 40.5 Å². The normalized spacial score (nSPS) is 24.7. The SMILES string of the molecule is CC(=O)N1C(c2ccccc2)CC(O)C(c2ccccc2)C1c1ccccc1. The van der Waals surface area contributed by atoms with Gasteiger partial charge in [-0.1, -0.05) is 91.0 Å². The predicted molar refractivity (Wildman–Crippen MR) is 111 cm³/mol. The molecule has 1 heterocycles. The highest BCUT2D eigenvalue weighted by Crippen LogP contribution is 2.49. The molecule has 3 heteroatoms. The Kier molecular flexibility index (Phi) is 5.27.